The van der Waals surface area contributed by atoms with E-state index in [-0.39, 0.29) is 35.1 Å². The quantitative estimate of drug-likeness (QED) is 0.841. The summed E-state index contributed by atoms with van der Waals surface area (Å²) in [6.07, 6.45) is -0.723. The molecule has 1 spiro atoms. The molecule has 0 radical (unpaired) electrons. The summed E-state index contributed by atoms with van der Waals surface area (Å²) >= 11 is 0. The predicted octanol–water partition coefficient (Wildman–Crippen LogP) is 1.50. The summed E-state index contributed by atoms with van der Waals surface area (Å²) in [6, 6.07) is -1.01. The van der Waals surface area contributed by atoms with Crippen LogP contribution in [0.15, 0.2) is 24.2 Å². The van der Waals surface area contributed by atoms with Gasteiger partial charge in [0.25, 0.3) is 0 Å². The molecule has 1 fully saturated rings. The van der Waals surface area contributed by atoms with Gasteiger partial charge >= 0.3 is 0 Å². The van der Waals surface area contributed by atoms with Gasteiger partial charge in [-0.3, -0.25) is 0 Å². The molecule has 4 nitrogen and oxygen atoms in total. The van der Waals surface area contributed by atoms with E-state index in [1.807, 2.05) is 11.9 Å². The molecule has 0 saturated carbocycles. The van der Waals surface area contributed by atoms with Gasteiger partial charge in [0.05, 0.1) is 11.2 Å². The Balaban J connectivity index is 1.94. The molecule has 5 atom stereocenters. The number of likely N-dealkylation sites (N-methyl/N-ethyl adjacent to an activating group) is 1. The molecule has 1 aromatic rings. The van der Waals surface area contributed by atoms with Crippen molar-refractivity contribution in [2.75, 3.05) is 20.7 Å². The number of ether oxygens (including phenoxy) is 2. The summed E-state index contributed by atoms with van der Waals surface area (Å²) in [7, 11) is 3.25. The summed E-state index contributed by atoms with van der Waals surface area (Å²) in [5, 5.41) is 4.80. The number of methoxy groups -OCH3 is 1. The van der Waals surface area contributed by atoms with Crippen LogP contribution in [0.3, 0.4) is 0 Å². The van der Waals surface area contributed by atoms with E-state index in [0.717, 1.165) is 0 Å². The van der Waals surface area contributed by atoms with Gasteiger partial charge in [-0.15, -0.1) is 0 Å². The minimum Gasteiger partial charge on any atom is -0.493 e. The molecule has 22 heavy (non-hydrogen) atoms. The Bertz CT molecular complexity index is 923. The van der Waals surface area contributed by atoms with Crippen LogP contribution in [0.1, 0.15) is 24.4 Å². The van der Waals surface area contributed by atoms with Crippen LogP contribution in [0.4, 0.5) is 0 Å². The molecule has 4 heteroatoms. The van der Waals surface area contributed by atoms with Crippen LogP contribution in [0, 0.1) is 5.92 Å². The molecule has 2 unspecified atom stereocenters. The van der Waals surface area contributed by atoms with E-state index in [1.165, 1.54) is 13.2 Å². The van der Waals surface area contributed by atoms with Crippen molar-refractivity contribution in [3.05, 3.63) is 35.4 Å². The van der Waals surface area contributed by atoms with Crippen LogP contribution >= 0.6 is 0 Å². The number of likely N-dealkylation sites (tertiary alicyclic amines) is 1. The van der Waals surface area contributed by atoms with Gasteiger partial charge in [0, 0.05) is 25.7 Å². The summed E-state index contributed by atoms with van der Waals surface area (Å²) in [5.74, 6) is -0.0150. The average molecular weight is 305 g/mol. The van der Waals surface area contributed by atoms with E-state index in [4.69, 9.17) is 22.9 Å². The van der Waals surface area contributed by atoms with Crippen molar-refractivity contribution in [1.82, 2.24) is 4.90 Å². The summed E-state index contributed by atoms with van der Waals surface area (Å²) in [5.41, 5.74) is -0.138. The molecule has 2 bridgehead atoms. The van der Waals surface area contributed by atoms with Crippen LogP contribution in [0.2, 0.25) is 0 Å². The minimum atomic E-state index is -1.89. The topological polar surface area (TPSA) is 41.9 Å². The number of piperidine rings is 1. The van der Waals surface area contributed by atoms with Gasteiger partial charge in [0.2, 0.25) is 1.43 Å². The highest BCUT2D eigenvalue weighted by atomic mass is 16.5. The van der Waals surface area contributed by atoms with Crippen LogP contribution in [0.5, 0.6) is 11.5 Å². The lowest BCUT2D eigenvalue weighted by atomic mass is 9.53. The predicted molar refractivity (Wildman–Crippen MR) is 82.5 cm³/mol. The Labute approximate surface area is 138 Å². The van der Waals surface area contributed by atoms with Crippen LogP contribution < -0.4 is 9.47 Å². The zero-order valence-corrected chi connectivity index (χ0v) is 12.5. The van der Waals surface area contributed by atoms with Crippen LogP contribution in [-0.4, -0.2) is 50.4 Å². The van der Waals surface area contributed by atoms with Gasteiger partial charge in [-0.1, -0.05) is 18.2 Å². The first kappa shape index (κ1) is 8.37. The first-order valence-corrected chi connectivity index (χ1v) is 7.57. The summed E-state index contributed by atoms with van der Waals surface area (Å²) in [6.45, 7) is 0.583. The third-order valence-electron chi connectivity index (χ3n) is 5.66. The molecule has 2 heterocycles. The molecular weight excluding hydrogens is 278 g/mol. The van der Waals surface area contributed by atoms with Gasteiger partial charge < -0.3 is 19.5 Å². The molecule has 1 N–H and O–H groups in total. The van der Waals surface area contributed by atoms with Gasteiger partial charge in [-0.25, -0.2) is 0 Å². The van der Waals surface area contributed by atoms with Crippen molar-refractivity contribution >= 4 is 0 Å². The molecule has 4 aliphatic rings. The maximum Gasteiger partial charge on any atom is 0.211 e. The van der Waals surface area contributed by atoms with Crippen LogP contribution in [0.25, 0.3) is 0 Å². The van der Waals surface area contributed by atoms with E-state index >= 15 is 0 Å². The highest BCUT2D eigenvalue weighted by molar-refractivity contribution is 5.62. The lowest BCUT2D eigenvalue weighted by molar-refractivity contribution is -0.0453. The van der Waals surface area contributed by atoms with E-state index in [2.05, 4.69) is 0 Å². The highest BCUT2D eigenvalue weighted by Gasteiger charge is 2.64. The number of hydrogen-bond acceptors (Lipinski definition) is 4. The fourth-order valence-corrected chi connectivity index (χ4v) is 4.67. The van der Waals surface area contributed by atoms with Crippen molar-refractivity contribution in [2.45, 2.75) is 36.4 Å². The second-order valence-corrected chi connectivity index (χ2v) is 6.51. The number of rotatable bonds is 2. The number of nitrogens with zero attached hydrogens (tertiary/aromatic N) is 1. The fraction of sp³-hybridized carbons (Fsp3) is 0.556. The Morgan fingerprint density at radius 2 is 2.50 bits per heavy atom. The Kier molecular flexibility index (Phi) is 1.54. The standard InChI is InChI=1S/C18H21NO3/c1-19-8-7-18-11-4-5-13(20)17(18)22-16-14(21-2)6-3-10(15(16)18)9-12(11)19/h3-6,11-13,17,20H,7-9H2,1-2H3/t11-,12+,13?,17?,18-/m0/s1/i3D,6D,9D2,13D,20D. The van der Waals surface area contributed by atoms with Crippen molar-refractivity contribution < 1.29 is 21.4 Å². The van der Waals surface area contributed by atoms with E-state index in [9.17, 15) is 0 Å². The normalized spacial score (nSPS) is 50.5. The second-order valence-electron chi connectivity index (χ2n) is 6.51. The molecule has 116 valence electrons. The molecular formula is C18H21NO3. The van der Waals surface area contributed by atoms with Gasteiger partial charge in [-0.05, 0) is 38.0 Å². The summed E-state index contributed by atoms with van der Waals surface area (Å²) in [4.78, 5) is 1.95. The van der Waals surface area contributed by atoms with Crippen LogP contribution in [-0.2, 0) is 11.8 Å². The first-order valence-electron chi connectivity index (χ1n) is 10.5. The second kappa shape index (κ2) is 4.06. The molecule has 0 amide bonds. The van der Waals surface area contributed by atoms with Crippen molar-refractivity contribution in [1.29, 1.82) is 1.43 Å². The Morgan fingerprint density at radius 3 is 3.32 bits per heavy atom. The molecule has 5 rings (SSSR count). The smallest absolute Gasteiger partial charge is 0.211 e. The van der Waals surface area contributed by atoms with Crippen molar-refractivity contribution in [3.8, 4) is 11.5 Å². The first-order chi connectivity index (χ1) is 13.1. The third-order valence-corrected chi connectivity index (χ3v) is 5.66. The Hall–Kier alpha value is -1.52. The van der Waals surface area contributed by atoms with Gasteiger partial charge in [0.1, 0.15) is 12.2 Å². The summed E-state index contributed by atoms with van der Waals surface area (Å²) < 4.78 is 62.6. The SMILES string of the molecule is [2H]OC1([2H])C=C[C@H]2[C@@H]3N(C)CC[C@@]24c2c(c(OC)c([2H])c([2H])c2C3([2H])[2H])OC14. The zero-order valence-electron chi connectivity index (χ0n) is 18.5. The Morgan fingerprint density at radius 1 is 1.59 bits per heavy atom. The third kappa shape index (κ3) is 1.28. The maximum atomic E-state index is 8.94. The average Bonchev–Trinajstić information content (AvgIpc) is 2.99. The zero-order chi connectivity index (χ0) is 20.2. The molecule has 1 saturated heterocycles. The highest BCUT2D eigenvalue weighted by Crippen LogP contribution is 2.62. The van der Waals surface area contributed by atoms with Gasteiger partial charge in [-0.2, -0.15) is 0 Å². The molecule has 2 aliphatic carbocycles. The lowest BCUT2D eigenvalue weighted by Crippen LogP contribution is -2.64. The van der Waals surface area contributed by atoms with E-state index < -0.39 is 30.0 Å². The number of aliphatic hydroxyl groups is 1. The largest absolute Gasteiger partial charge is 0.493 e. The molecule has 0 aromatic heterocycles. The van der Waals surface area contributed by atoms with Crippen molar-refractivity contribution in [2.24, 2.45) is 5.92 Å². The monoisotopic (exact) mass is 305 g/mol. The van der Waals surface area contributed by atoms with E-state index in [0.29, 0.717) is 18.5 Å². The molecule has 1 aromatic carbocycles. The fourth-order valence-electron chi connectivity index (χ4n) is 4.67. The molecule has 2 aliphatic heterocycles. The number of benzene rings is 1. The minimum absolute atomic E-state index is 0.0757. The van der Waals surface area contributed by atoms with E-state index in [1.54, 1.807) is 6.08 Å². The lowest BCUT2D eigenvalue weighted by Gasteiger charge is -2.56. The van der Waals surface area contributed by atoms with Gasteiger partial charge in [0.15, 0.2) is 11.5 Å². The van der Waals surface area contributed by atoms with Crippen molar-refractivity contribution in [3.63, 3.8) is 0 Å². The number of hydrogen-bond donors (Lipinski definition) is 1. The maximum absolute atomic E-state index is 8.94.